The molecule has 2 heterocycles. The highest BCUT2D eigenvalue weighted by atomic mass is 79.9. The third-order valence-electron chi connectivity index (χ3n) is 2.41. The predicted molar refractivity (Wildman–Crippen MR) is 69.0 cm³/mol. The van der Waals surface area contributed by atoms with E-state index in [0.717, 1.165) is 20.9 Å². The van der Waals surface area contributed by atoms with Gasteiger partial charge in [0.25, 0.3) is 0 Å². The Morgan fingerprint density at radius 2 is 2.12 bits per heavy atom. The second kappa shape index (κ2) is 4.14. The van der Waals surface area contributed by atoms with Crippen LogP contribution in [0.15, 0.2) is 46.6 Å². The lowest BCUT2D eigenvalue weighted by Crippen LogP contribution is -1.85. The van der Waals surface area contributed by atoms with Gasteiger partial charge in [-0.15, -0.1) is 10.2 Å². The number of aromatic amines is 1. The van der Waals surface area contributed by atoms with Crippen LogP contribution in [0.2, 0.25) is 0 Å². The Morgan fingerprint density at radius 3 is 2.94 bits per heavy atom. The summed E-state index contributed by atoms with van der Waals surface area (Å²) in [6.07, 6.45) is 6.78. The Hall–Kier alpha value is -1.95. The molecule has 0 aliphatic carbocycles. The minimum Gasteiger partial charge on any atom is -0.361 e. The number of halogens is 1. The van der Waals surface area contributed by atoms with Crippen molar-refractivity contribution in [3.8, 4) is 0 Å². The SMILES string of the molecule is Brc1ccc2[nH]cc(C=Nn3cnnc3)c2c1. The van der Waals surface area contributed by atoms with Gasteiger partial charge in [-0.05, 0) is 18.2 Å². The maximum absolute atomic E-state index is 4.22. The first-order chi connectivity index (χ1) is 8.33. The first-order valence-electron chi connectivity index (χ1n) is 4.98. The molecule has 1 aromatic carbocycles. The van der Waals surface area contributed by atoms with Gasteiger partial charge in [0.05, 0.1) is 6.21 Å². The van der Waals surface area contributed by atoms with Crippen molar-refractivity contribution in [1.82, 2.24) is 19.9 Å². The molecule has 0 saturated carbocycles. The molecule has 0 radical (unpaired) electrons. The molecule has 3 aromatic rings. The van der Waals surface area contributed by atoms with Crippen molar-refractivity contribution >= 4 is 33.0 Å². The number of benzene rings is 1. The monoisotopic (exact) mass is 289 g/mol. The molecule has 0 aliphatic heterocycles. The van der Waals surface area contributed by atoms with Crippen molar-refractivity contribution in [3.05, 3.63) is 47.1 Å². The molecular weight excluding hydrogens is 282 g/mol. The topological polar surface area (TPSA) is 58.9 Å². The number of fused-ring (bicyclic) bond motifs is 1. The van der Waals surface area contributed by atoms with Crippen LogP contribution in [-0.2, 0) is 0 Å². The van der Waals surface area contributed by atoms with Crippen LogP contribution < -0.4 is 0 Å². The van der Waals surface area contributed by atoms with E-state index in [2.05, 4.69) is 42.3 Å². The Balaban J connectivity index is 2.03. The van der Waals surface area contributed by atoms with E-state index in [1.807, 2.05) is 18.3 Å². The van der Waals surface area contributed by atoms with Gasteiger partial charge in [-0.2, -0.15) is 5.10 Å². The van der Waals surface area contributed by atoms with Crippen molar-refractivity contribution in [2.45, 2.75) is 0 Å². The van der Waals surface area contributed by atoms with E-state index in [4.69, 9.17) is 0 Å². The minimum absolute atomic E-state index is 1.02. The lowest BCUT2D eigenvalue weighted by Gasteiger charge is -1.93. The minimum atomic E-state index is 1.02. The van der Waals surface area contributed by atoms with E-state index in [1.165, 1.54) is 0 Å². The van der Waals surface area contributed by atoms with E-state index in [-0.39, 0.29) is 0 Å². The summed E-state index contributed by atoms with van der Waals surface area (Å²) in [5.74, 6) is 0. The molecule has 2 aromatic heterocycles. The predicted octanol–water partition coefficient (Wildman–Crippen LogP) is 2.40. The van der Waals surface area contributed by atoms with E-state index in [1.54, 1.807) is 23.5 Å². The highest BCUT2D eigenvalue weighted by Gasteiger charge is 2.01. The van der Waals surface area contributed by atoms with Crippen LogP contribution in [0, 0.1) is 0 Å². The molecule has 0 unspecified atom stereocenters. The first kappa shape index (κ1) is 10.2. The maximum atomic E-state index is 4.22. The van der Waals surface area contributed by atoms with E-state index < -0.39 is 0 Å². The molecule has 6 heteroatoms. The van der Waals surface area contributed by atoms with Gasteiger partial charge in [-0.3, -0.25) is 0 Å². The van der Waals surface area contributed by atoms with Crippen LogP contribution in [-0.4, -0.2) is 26.1 Å². The lowest BCUT2D eigenvalue weighted by molar-refractivity contribution is 0.878. The first-order valence-corrected chi connectivity index (χ1v) is 5.78. The lowest BCUT2D eigenvalue weighted by atomic mass is 10.2. The van der Waals surface area contributed by atoms with Gasteiger partial charge in [-0.1, -0.05) is 15.9 Å². The summed E-state index contributed by atoms with van der Waals surface area (Å²) in [4.78, 5) is 3.19. The molecule has 17 heavy (non-hydrogen) atoms. The zero-order valence-electron chi connectivity index (χ0n) is 8.71. The molecule has 84 valence electrons. The number of hydrogen-bond donors (Lipinski definition) is 1. The molecule has 0 amide bonds. The summed E-state index contributed by atoms with van der Waals surface area (Å²) in [7, 11) is 0. The molecule has 0 saturated heterocycles. The van der Waals surface area contributed by atoms with Crippen molar-refractivity contribution in [3.63, 3.8) is 0 Å². The number of nitrogens with one attached hydrogen (secondary N) is 1. The van der Waals surface area contributed by atoms with Crippen LogP contribution in [0.5, 0.6) is 0 Å². The quantitative estimate of drug-likeness (QED) is 0.737. The molecule has 5 nitrogen and oxygen atoms in total. The van der Waals surface area contributed by atoms with Crippen LogP contribution in [0.3, 0.4) is 0 Å². The van der Waals surface area contributed by atoms with Crippen LogP contribution >= 0.6 is 15.9 Å². The Morgan fingerprint density at radius 1 is 1.29 bits per heavy atom. The van der Waals surface area contributed by atoms with Gasteiger partial charge in [-0.25, -0.2) is 4.68 Å². The average Bonchev–Trinajstić information content (AvgIpc) is 2.94. The fourth-order valence-electron chi connectivity index (χ4n) is 1.60. The summed E-state index contributed by atoms with van der Waals surface area (Å²) < 4.78 is 2.60. The second-order valence-electron chi connectivity index (χ2n) is 3.52. The zero-order chi connectivity index (χ0) is 11.7. The average molecular weight is 290 g/mol. The van der Waals surface area contributed by atoms with E-state index >= 15 is 0 Å². The molecule has 0 spiro atoms. The number of nitrogens with zero attached hydrogens (tertiary/aromatic N) is 4. The van der Waals surface area contributed by atoms with Crippen molar-refractivity contribution < 1.29 is 0 Å². The summed E-state index contributed by atoms with van der Waals surface area (Å²) >= 11 is 3.46. The van der Waals surface area contributed by atoms with Crippen LogP contribution in [0.1, 0.15) is 5.56 Å². The van der Waals surface area contributed by atoms with Gasteiger partial charge in [0.2, 0.25) is 0 Å². The largest absolute Gasteiger partial charge is 0.361 e. The van der Waals surface area contributed by atoms with E-state index in [9.17, 15) is 0 Å². The number of H-pyrrole nitrogens is 1. The molecule has 3 rings (SSSR count). The molecular formula is C11H8BrN5. The highest BCUT2D eigenvalue weighted by molar-refractivity contribution is 9.10. The van der Waals surface area contributed by atoms with Crippen molar-refractivity contribution in [2.75, 3.05) is 0 Å². The summed E-state index contributed by atoms with van der Waals surface area (Å²) in [6.45, 7) is 0. The second-order valence-corrected chi connectivity index (χ2v) is 4.44. The summed E-state index contributed by atoms with van der Waals surface area (Å²) in [5, 5.41) is 12.7. The molecule has 0 atom stereocenters. The number of rotatable bonds is 2. The van der Waals surface area contributed by atoms with E-state index in [0.29, 0.717) is 0 Å². The van der Waals surface area contributed by atoms with Gasteiger partial charge >= 0.3 is 0 Å². The molecule has 0 fully saturated rings. The zero-order valence-corrected chi connectivity index (χ0v) is 10.3. The van der Waals surface area contributed by atoms with Gasteiger partial charge < -0.3 is 4.98 Å². The molecule has 1 N–H and O–H groups in total. The van der Waals surface area contributed by atoms with Crippen molar-refractivity contribution in [1.29, 1.82) is 0 Å². The third kappa shape index (κ3) is 1.99. The highest BCUT2D eigenvalue weighted by Crippen LogP contribution is 2.21. The Labute approximate surface area is 105 Å². The normalized spacial score (nSPS) is 11.6. The Bertz CT molecular complexity index is 668. The fourth-order valence-corrected chi connectivity index (χ4v) is 1.97. The Kier molecular flexibility index (Phi) is 2.49. The van der Waals surface area contributed by atoms with Gasteiger partial charge in [0.15, 0.2) is 0 Å². The van der Waals surface area contributed by atoms with Crippen molar-refractivity contribution in [2.24, 2.45) is 5.10 Å². The number of aromatic nitrogens is 4. The smallest absolute Gasteiger partial charge is 0.141 e. The fraction of sp³-hybridized carbons (Fsp3) is 0. The molecule has 0 bridgehead atoms. The number of hydrogen-bond acceptors (Lipinski definition) is 3. The van der Waals surface area contributed by atoms with Gasteiger partial charge in [0.1, 0.15) is 12.7 Å². The maximum Gasteiger partial charge on any atom is 0.141 e. The third-order valence-corrected chi connectivity index (χ3v) is 2.91. The van der Waals surface area contributed by atoms with Gasteiger partial charge in [0, 0.05) is 27.1 Å². The van der Waals surface area contributed by atoms with Crippen LogP contribution in [0.25, 0.3) is 10.9 Å². The molecule has 0 aliphatic rings. The van der Waals surface area contributed by atoms with Crippen LogP contribution in [0.4, 0.5) is 0 Å². The standard InChI is InChI=1S/C11H8BrN5/c12-9-1-2-11-10(3-9)8(4-13-11)5-16-17-6-14-15-7-17/h1-7,13H. The summed E-state index contributed by atoms with van der Waals surface area (Å²) in [5.41, 5.74) is 2.11. The summed E-state index contributed by atoms with van der Waals surface area (Å²) in [6, 6.07) is 6.08.